The molecule has 1 amide bonds. The second-order valence-electron chi connectivity index (χ2n) is 9.51. The van der Waals surface area contributed by atoms with Crippen LogP contribution in [0.2, 0.25) is 0 Å². The number of amides is 1. The standard InChI is InChI=1S/C30H33N3O5S/c1-3-33(4-2)39(36,37)28-16-14-27(15-17-28)38-29(34)32-20-18-26(19-21-32)30(35,24-8-6-5-7-9-24)25-12-10-23(22-31)11-13-25/h5-17,26,35H,3-4,18-21H2,1-2H3. The zero-order chi connectivity index (χ0) is 28.0. The fourth-order valence-corrected chi connectivity index (χ4v) is 6.62. The molecule has 0 spiro atoms. The second kappa shape index (κ2) is 12.0. The Balaban J connectivity index is 1.45. The first-order chi connectivity index (χ1) is 18.7. The highest BCUT2D eigenvalue weighted by atomic mass is 32.2. The van der Waals surface area contributed by atoms with Crippen molar-refractivity contribution in [1.82, 2.24) is 9.21 Å². The van der Waals surface area contributed by atoms with Crippen molar-refractivity contribution in [3.8, 4) is 11.8 Å². The summed E-state index contributed by atoms with van der Waals surface area (Å²) in [4.78, 5) is 14.6. The zero-order valence-corrected chi connectivity index (χ0v) is 23.0. The smallest absolute Gasteiger partial charge is 0.410 e. The van der Waals surface area contributed by atoms with Crippen LogP contribution in [-0.4, -0.2) is 55.0 Å². The van der Waals surface area contributed by atoms with Gasteiger partial charge in [0.05, 0.1) is 16.5 Å². The summed E-state index contributed by atoms with van der Waals surface area (Å²) < 4.78 is 32.3. The van der Waals surface area contributed by atoms with Gasteiger partial charge in [0.2, 0.25) is 10.0 Å². The zero-order valence-electron chi connectivity index (χ0n) is 22.2. The topological polar surface area (TPSA) is 111 Å². The number of sulfonamides is 1. The molecule has 39 heavy (non-hydrogen) atoms. The van der Waals surface area contributed by atoms with Gasteiger partial charge in [-0.2, -0.15) is 9.57 Å². The summed E-state index contributed by atoms with van der Waals surface area (Å²) in [5.74, 6) is 0.0976. The molecule has 8 nitrogen and oxygen atoms in total. The summed E-state index contributed by atoms with van der Waals surface area (Å²) in [6.45, 7) is 5.09. The fraction of sp³-hybridized carbons (Fsp3) is 0.333. The van der Waals surface area contributed by atoms with Crippen LogP contribution < -0.4 is 4.74 Å². The molecule has 4 rings (SSSR count). The van der Waals surface area contributed by atoms with Gasteiger partial charge in [-0.25, -0.2) is 13.2 Å². The van der Waals surface area contributed by atoms with Crippen molar-refractivity contribution in [3.05, 3.63) is 95.6 Å². The molecule has 1 N–H and O–H groups in total. The predicted octanol–water partition coefficient (Wildman–Crippen LogP) is 4.74. The van der Waals surface area contributed by atoms with Crippen LogP contribution in [0.25, 0.3) is 0 Å². The van der Waals surface area contributed by atoms with E-state index in [1.807, 2.05) is 30.3 Å². The number of hydrogen-bond acceptors (Lipinski definition) is 6. The van der Waals surface area contributed by atoms with E-state index in [9.17, 15) is 23.6 Å². The lowest BCUT2D eigenvalue weighted by atomic mass is 9.72. The van der Waals surface area contributed by atoms with Gasteiger partial charge in [-0.1, -0.05) is 56.3 Å². The Morgan fingerprint density at radius 3 is 2.08 bits per heavy atom. The number of nitrogens with zero attached hydrogens (tertiary/aromatic N) is 3. The minimum atomic E-state index is -3.59. The number of piperidine rings is 1. The van der Waals surface area contributed by atoms with Crippen LogP contribution in [-0.2, 0) is 15.6 Å². The highest BCUT2D eigenvalue weighted by Crippen LogP contribution is 2.42. The van der Waals surface area contributed by atoms with Crippen LogP contribution in [0, 0.1) is 17.2 Å². The fourth-order valence-electron chi connectivity index (χ4n) is 5.17. The Morgan fingerprint density at radius 2 is 1.54 bits per heavy atom. The first-order valence-electron chi connectivity index (χ1n) is 13.1. The Bertz CT molecular complexity index is 1410. The van der Waals surface area contributed by atoms with Gasteiger partial charge in [0.25, 0.3) is 0 Å². The van der Waals surface area contributed by atoms with Crippen molar-refractivity contribution in [2.75, 3.05) is 26.2 Å². The number of benzene rings is 3. The van der Waals surface area contributed by atoms with Crippen LogP contribution in [0.1, 0.15) is 43.4 Å². The Hall–Kier alpha value is -3.71. The molecule has 0 radical (unpaired) electrons. The Kier molecular flexibility index (Phi) is 8.70. The summed E-state index contributed by atoms with van der Waals surface area (Å²) in [6, 6.07) is 24.4. The lowest BCUT2D eigenvalue weighted by molar-refractivity contribution is -0.0115. The van der Waals surface area contributed by atoms with Crippen LogP contribution >= 0.6 is 0 Å². The SMILES string of the molecule is CCN(CC)S(=O)(=O)c1ccc(OC(=O)N2CCC(C(O)(c3ccccc3)c3ccc(C#N)cc3)CC2)cc1. The molecule has 204 valence electrons. The number of nitriles is 1. The van der Waals surface area contributed by atoms with Crippen molar-refractivity contribution in [2.45, 2.75) is 37.2 Å². The van der Waals surface area contributed by atoms with E-state index in [0.29, 0.717) is 50.1 Å². The molecule has 0 aliphatic carbocycles. The van der Waals surface area contributed by atoms with E-state index in [-0.39, 0.29) is 16.6 Å². The van der Waals surface area contributed by atoms with Gasteiger partial charge in [-0.15, -0.1) is 0 Å². The van der Waals surface area contributed by atoms with Crippen LogP contribution in [0.3, 0.4) is 0 Å². The van der Waals surface area contributed by atoms with E-state index in [4.69, 9.17) is 4.74 Å². The third-order valence-corrected chi connectivity index (χ3v) is 9.45. The van der Waals surface area contributed by atoms with Gasteiger partial charge in [0, 0.05) is 26.2 Å². The molecule has 3 aromatic rings. The largest absolute Gasteiger partial charge is 0.415 e. The quantitative estimate of drug-likeness (QED) is 0.436. The average Bonchev–Trinajstić information content (AvgIpc) is 2.98. The predicted molar refractivity (Wildman–Crippen MR) is 147 cm³/mol. The molecular formula is C30H33N3O5S. The summed E-state index contributed by atoms with van der Waals surface area (Å²) in [7, 11) is -3.59. The molecule has 1 unspecified atom stereocenters. The molecule has 1 saturated heterocycles. The number of ether oxygens (including phenoxy) is 1. The Labute approximate surface area is 230 Å². The van der Waals surface area contributed by atoms with Gasteiger partial charge in [0.15, 0.2) is 0 Å². The van der Waals surface area contributed by atoms with Crippen molar-refractivity contribution < 1.29 is 23.1 Å². The van der Waals surface area contributed by atoms with E-state index in [0.717, 1.165) is 5.56 Å². The van der Waals surface area contributed by atoms with E-state index in [1.54, 1.807) is 43.0 Å². The lowest BCUT2D eigenvalue weighted by Gasteiger charge is -2.42. The second-order valence-corrected chi connectivity index (χ2v) is 11.4. The highest BCUT2D eigenvalue weighted by Gasteiger charge is 2.42. The summed E-state index contributed by atoms with van der Waals surface area (Å²) in [6.07, 6.45) is 0.567. The van der Waals surface area contributed by atoms with E-state index < -0.39 is 21.7 Å². The number of carbonyl (C=O) groups is 1. The Morgan fingerprint density at radius 1 is 0.974 bits per heavy atom. The van der Waals surface area contributed by atoms with Crippen molar-refractivity contribution in [3.63, 3.8) is 0 Å². The van der Waals surface area contributed by atoms with Crippen LogP contribution in [0.4, 0.5) is 4.79 Å². The third-order valence-electron chi connectivity index (χ3n) is 7.38. The lowest BCUT2D eigenvalue weighted by Crippen LogP contribution is -2.46. The molecule has 1 aliphatic rings. The van der Waals surface area contributed by atoms with Gasteiger partial charge < -0.3 is 14.7 Å². The van der Waals surface area contributed by atoms with Crippen LogP contribution in [0.5, 0.6) is 5.75 Å². The molecule has 0 bridgehead atoms. The van der Waals surface area contributed by atoms with Crippen molar-refractivity contribution in [1.29, 1.82) is 5.26 Å². The minimum Gasteiger partial charge on any atom is -0.410 e. The highest BCUT2D eigenvalue weighted by molar-refractivity contribution is 7.89. The molecular weight excluding hydrogens is 514 g/mol. The molecule has 1 fully saturated rings. The van der Waals surface area contributed by atoms with Crippen molar-refractivity contribution >= 4 is 16.1 Å². The normalized spacial score (nSPS) is 15.9. The molecule has 1 atom stereocenters. The van der Waals surface area contributed by atoms with Crippen molar-refractivity contribution in [2.24, 2.45) is 5.92 Å². The first kappa shape index (κ1) is 28.3. The summed E-state index contributed by atoms with van der Waals surface area (Å²) >= 11 is 0. The van der Waals surface area contributed by atoms with E-state index in [2.05, 4.69) is 6.07 Å². The molecule has 0 saturated carbocycles. The number of carbonyl (C=O) groups excluding carboxylic acids is 1. The average molecular weight is 548 g/mol. The molecule has 1 heterocycles. The molecule has 1 aliphatic heterocycles. The maximum Gasteiger partial charge on any atom is 0.415 e. The van der Waals surface area contributed by atoms with E-state index >= 15 is 0 Å². The van der Waals surface area contributed by atoms with Gasteiger partial charge in [-0.3, -0.25) is 0 Å². The summed E-state index contributed by atoms with van der Waals surface area (Å²) in [5.41, 5.74) is 0.701. The van der Waals surface area contributed by atoms with Gasteiger partial charge in [-0.05, 0) is 66.3 Å². The van der Waals surface area contributed by atoms with E-state index in [1.165, 1.54) is 28.6 Å². The first-order valence-corrected chi connectivity index (χ1v) is 14.5. The van der Waals surface area contributed by atoms with Gasteiger partial charge >= 0.3 is 6.09 Å². The summed E-state index contributed by atoms with van der Waals surface area (Å²) in [5, 5.41) is 21.3. The number of likely N-dealkylation sites (tertiary alicyclic amines) is 1. The number of aliphatic hydroxyl groups is 1. The minimum absolute atomic E-state index is 0.148. The maximum atomic E-state index is 12.9. The molecule has 0 aromatic heterocycles. The molecule has 9 heteroatoms. The monoisotopic (exact) mass is 547 g/mol. The molecule has 3 aromatic carbocycles. The third kappa shape index (κ3) is 5.83. The van der Waals surface area contributed by atoms with Crippen LogP contribution in [0.15, 0.2) is 83.8 Å². The maximum absolute atomic E-state index is 12.9. The van der Waals surface area contributed by atoms with Gasteiger partial charge in [0.1, 0.15) is 11.4 Å². The number of hydrogen-bond donors (Lipinski definition) is 1. The number of rotatable bonds is 8.